The van der Waals surface area contributed by atoms with Crippen LogP contribution >= 0.6 is 0 Å². The number of aromatic nitrogens is 1. The lowest BCUT2D eigenvalue weighted by molar-refractivity contribution is -0.157. The number of hydrogen-bond donors (Lipinski definition) is 1. The first-order chi connectivity index (χ1) is 17.6. The van der Waals surface area contributed by atoms with Crippen LogP contribution in [-0.2, 0) is 20.7 Å². The molecule has 1 unspecified atom stereocenters. The fraction of sp³-hybridized carbons (Fsp3) is 0.367. The van der Waals surface area contributed by atoms with E-state index in [9.17, 15) is 9.59 Å². The minimum Gasteiger partial charge on any atom is -0.458 e. The number of fused-ring (bicyclic) bond motifs is 3. The summed E-state index contributed by atoms with van der Waals surface area (Å²) in [5.74, 6) is 0.290. The van der Waals surface area contributed by atoms with Crippen molar-refractivity contribution in [1.29, 1.82) is 0 Å². The number of nitrogens with zero attached hydrogens (tertiary/aromatic N) is 2. The summed E-state index contributed by atoms with van der Waals surface area (Å²) in [5.41, 5.74) is 4.93. The van der Waals surface area contributed by atoms with Crippen molar-refractivity contribution in [3.63, 3.8) is 0 Å². The highest BCUT2D eigenvalue weighted by Crippen LogP contribution is 2.44. The summed E-state index contributed by atoms with van der Waals surface area (Å²) >= 11 is 0. The Morgan fingerprint density at radius 1 is 1.00 bits per heavy atom. The van der Waals surface area contributed by atoms with Crippen molar-refractivity contribution >= 4 is 17.9 Å². The summed E-state index contributed by atoms with van der Waals surface area (Å²) in [6.45, 7) is 5.60. The third kappa shape index (κ3) is 6.47. The van der Waals surface area contributed by atoms with Gasteiger partial charge in [0.15, 0.2) is 0 Å². The zero-order valence-corrected chi connectivity index (χ0v) is 22.2. The molecular formula is C30H35N3O4. The molecule has 0 radical (unpaired) electrons. The van der Waals surface area contributed by atoms with Gasteiger partial charge in [-0.15, -0.1) is 0 Å². The lowest BCUT2D eigenvalue weighted by Crippen LogP contribution is -2.45. The van der Waals surface area contributed by atoms with Gasteiger partial charge in [-0.1, -0.05) is 48.5 Å². The first-order valence-corrected chi connectivity index (χ1v) is 12.6. The lowest BCUT2D eigenvalue weighted by atomic mass is 9.98. The van der Waals surface area contributed by atoms with Crippen molar-refractivity contribution in [3.05, 3.63) is 83.6 Å². The van der Waals surface area contributed by atoms with E-state index in [0.717, 1.165) is 33.6 Å². The molecule has 1 heterocycles. The molecular weight excluding hydrogens is 466 g/mol. The highest BCUT2D eigenvalue weighted by molar-refractivity contribution is 5.82. The monoisotopic (exact) mass is 501 g/mol. The van der Waals surface area contributed by atoms with Gasteiger partial charge < -0.3 is 19.7 Å². The predicted molar refractivity (Wildman–Crippen MR) is 145 cm³/mol. The fourth-order valence-corrected chi connectivity index (χ4v) is 4.58. The van der Waals surface area contributed by atoms with Gasteiger partial charge in [-0.25, -0.2) is 14.6 Å². The summed E-state index contributed by atoms with van der Waals surface area (Å²) in [5, 5.41) is 2.76. The van der Waals surface area contributed by atoms with Crippen molar-refractivity contribution in [1.82, 2.24) is 10.3 Å². The summed E-state index contributed by atoms with van der Waals surface area (Å²) in [4.78, 5) is 32.1. The number of anilines is 1. The lowest BCUT2D eigenvalue weighted by Gasteiger charge is -2.25. The topological polar surface area (TPSA) is 80.8 Å². The van der Waals surface area contributed by atoms with Crippen LogP contribution in [0.1, 0.15) is 49.8 Å². The number of benzene rings is 2. The molecule has 1 atom stereocenters. The van der Waals surface area contributed by atoms with E-state index in [1.807, 2.05) is 76.2 Å². The van der Waals surface area contributed by atoms with Gasteiger partial charge in [0.2, 0.25) is 0 Å². The molecule has 4 rings (SSSR count). The third-order valence-corrected chi connectivity index (χ3v) is 6.32. The van der Waals surface area contributed by atoms with Crippen molar-refractivity contribution in [2.45, 2.75) is 51.2 Å². The highest BCUT2D eigenvalue weighted by atomic mass is 16.6. The van der Waals surface area contributed by atoms with Crippen molar-refractivity contribution < 1.29 is 19.1 Å². The number of esters is 1. The van der Waals surface area contributed by atoms with Gasteiger partial charge in [0.1, 0.15) is 24.1 Å². The molecule has 0 aliphatic heterocycles. The zero-order valence-electron chi connectivity index (χ0n) is 22.2. The first-order valence-electron chi connectivity index (χ1n) is 12.6. The normalized spacial score (nSPS) is 13.3. The van der Waals surface area contributed by atoms with Gasteiger partial charge in [0.25, 0.3) is 0 Å². The number of amides is 1. The molecule has 0 fully saturated rings. The Balaban J connectivity index is 1.44. The van der Waals surface area contributed by atoms with Crippen LogP contribution in [0.25, 0.3) is 11.1 Å². The van der Waals surface area contributed by atoms with Crippen LogP contribution in [0, 0.1) is 0 Å². The Hall–Kier alpha value is -3.87. The number of ether oxygens (including phenoxy) is 2. The Morgan fingerprint density at radius 2 is 1.62 bits per heavy atom. The molecule has 7 nitrogen and oxygen atoms in total. The number of pyridine rings is 1. The molecule has 7 heteroatoms. The maximum absolute atomic E-state index is 13.0. The molecule has 1 aliphatic carbocycles. The van der Waals surface area contributed by atoms with Gasteiger partial charge in [-0.05, 0) is 73.6 Å². The summed E-state index contributed by atoms with van der Waals surface area (Å²) < 4.78 is 11.3. The molecule has 3 aromatic rings. The second-order valence-electron chi connectivity index (χ2n) is 10.5. The third-order valence-electron chi connectivity index (χ3n) is 6.32. The zero-order chi connectivity index (χ0) is 26.6. The summed E-state index contributed by atoms with van der Waals surface area (Å²) in [7, 11) is 3.85. The van der Waals surface area contributed by atoms with E-state index < -0.39 is 23.7 Å². The molecule has 1 N–H and O–H groups in total. The average molecular weight is 502 g/mol. The number of nitrogens with one attached hydrogen (secondary N) is 1. The smallest absolute Gasteiger partial charge is 0.407 e. The molecule has 1 aliphatic rings. The Kier molecular flexibility index (Phi) is 7.81. The van der Waals surface area contributed by atoms with E-state index in [2.05, 4.69) is 34.6 Å². The molecule has 37 heavy (non-hydrogen) atoms. The van der Waals surface area contributed by atoms with Crippen LogP contribution in [0.2, 0.25) is 0 Å². The predicted octanol–water partition coefficient (Wildman–Crippen LogP) is 5.33. The second-order valence-corrected chi connectivity index (χ2v) is 10.5. The van der Waals surface area contributed by atoms with Gasteiger partial charge in [-0.3, -0.25) is 0 Å². The van der Waals surface area contributed by atoms with Gasteiger partial charge in [0.05, 0.1) is 0 Å². The van der Waals surface area contributed by atoms with Crippen LogP contribution in [0.4, 0.5) is 10.6 Å². The summed E-state index contributed by atoms with van der Waals surface area (Å²) in [6.07, 6.45) is 2.04. The van der Waals surface area contributed by atoms with Crippen molar-refractivity contribution in [2.24, 2.45) is 0 Å². The Labute approximate surface area is 218 Å². The van der Waals surface area contributed by atoms with E-state index >= 15 is 0 Å². The number of rotatable bonds is 8. The van der Waals surface area contributed by atoms with Crippen molar-refractivity contribution in [2.75, 3.05) is 25.6 Å². The van der Waals surface area contributed by atoms with Gasteiger partial charge in [0, 0.05) is 26.2 Å². The van der Waals surface area contributed by atoms with E-state index in [0.29, 0.717) is 12.8 Å². The molecule has 0 saturated carbocycles. The fourth-order valence-electron chi connectivity index (χ4n) is 4.58. The minimum absolute atomic E-state index is 0.0561. The Bertz CT molecular complexity index is 1220. The number of aryl methyl sites for hydroxylation is 1. The number of carbonyl (C=O) groups excluding carboxylic acids is 2. The minimum atomic E-state index is -0.842. The maximum Gasteiger partial charge on any atom is 0.407 e. The number of carbonyl (C=O) groups is 2. The van der Waals surface area contributed by atoms with Gasteiger partial charge in [-0.2, -0.15) is 0 Å². The molecule has 194 valence electrons. The van der Waals surface area contributed by atoms with Crippen LogP contribution in [0.15, 0.2) is 66.9 Å². The average Bonchev–Trinajstić information content (AvgIpc) is 3.18. The molecule has 2 aromatic carbocycles. The van der Waals surface area contributed by atoms with Crippen LogP contribution < -0.4 is 10.2 Å². The number of alkyl carbamates (subject to hydrolysis) is 1. The highest BCUT2D eigenvalue weighted by Gasteiger charge is 2.31. The SMILES string of the molecule is CN(C)c1cc(CCC(NC(=O)OCC2c3ccccc3-c3ccccc32)C(=O)OC(C)(C)C)ccn1. The molecule has 0 saturated heterocycles. The van der Waals surface area contributed by atoms with E-state index in [-0.39, 0.29) is 12.5 Å². The van der Waals surface area contributed by atoms with Crippen LogP contribution in [-0.4, -0.2) is 49.4 Å². The molecule has 1 aromatic heterocycles. The van der Waals surface area contributed by atoms with Crippen molar-refractivity contribution in [3.8, 4) is 11.1 Å². The largest absolute Gasteiger partial charge is 0.458 e. The number of hydrogen-bond acceptors (Lipinski definition) is 6. The second kappa shape index (κ2) is 11.0. The molecule has 1 amide bonds. The maximum atomic E-state index is 13.0. The first kappa shape index (κ1) is 26.2. The quantitative estimate of drug-likeness (QED) is 0.420. The molecule has 0 bridgehead atoms. The van der Waals surface area contributed by atoms with Crippen LogP contribution in [0.5, 0.6) is 0 Å². The Morgan fingerprint density at radius 3 is 2.22 bits per heavy atom. The molecule has 0 spiro atoms. The van der Waals surface area contributed by atoms with E-state index in [1.165, 1.54) is 0 Å². The van der Waals surface area contributed by atoms with Crippen LogP contribution in [0.3, 0.4) is 0 Å². The van der Waals surface area contributed by atoms with E-state index in [4.69, 9.17) is 9.47 Å². The van der Waals surface area contributed by atoms with E-state index in [1.54, 1.807) is 6.20 Å². The summed E-state index contributed by atoms with van der Waals surface area (Å²) in [6, 6.07) is 19.4. The van der Waals surface area contributed by atoms with Gasteiger partial charge >= 0.3 is 12.1 Å². The standard InChI is InChI=1S/C30H35N3O4/c1-30(2,3)37-28(34)26(15-14-20-16-17-31-27(18-20)33(4)5)32-29(35)36-19-25-23-12-8-6-10-21(23)22-11-7-9-13-24(22)25/h6-13,16-18,25-26H,14-15,19H2,1-5H3,(H,32,35).